The number of hydrogen-bond donors (Lipinski definition) is 2. The van der Waals surface area contributed by atoms with E-state index >= 15 is 0 Å². The Labute approximate surface area is 240 Å². The van der Waals surface area contributed by atoms with Gasteiger partial charge in [0, 0.05) is 7.11 Å². The number of benzene rings is 2. The van der Waals surface area contributed by atoms with Crippen molar-refractivity contribution in [3.8, 4) is 0 Å². The predicted molar refractivity (Wildman–Crippen MR) is 121 cm³/mol. The Balaban J connectivity index is 0.00000507. The fraction of sp³-hybridized carbons (Fsp3) is 0.333. The molecule has 3 rings (SSSR count). The maximum Gasteiger partial charge on any atom is 1.00 e. The van der Waals surface area contributed by atoms with Crippen LogP contribution in [0.1, 0.15) is 20.7 Å². The summed E-state index contributed by atoms with van der Waals surface area (Å²) in [4.78, 5) is 25.7. The van der Waals surface area contributed by atoms with Crippen LogP contribution in [0.15, 0.2) is 60.7 Å². The third-order valence-corrected chi connectivity index (χ3v) is 5.84. The van der Waals surface area contributed by atoms with Crippen molar-refractivity contribution in [2.24, 2.45) is 0 Å². The largest absolute Gasteiger partial charge is 1.00 e. The molecular formula is C21H22NaO14S2+. The quantitative estimate of drug-likeness (QED) is 0.173. The van der Waals surface area contributed by atoms with E-state index in [-0.39, 0.29) is 40.7 Å². The number of carbonyl (C=O) groups is 2. The zero-order valence-electron chi connectivity index (χ0n) is 20.0. The number of carbonyl (C=O) groups excluding carboxylic acids is 2. The van der Waals surface area contributed by atoms with Gasteiger partial charge in [-0.3, -0.25) is 9.11 Å². The zero-order valence-corrected chi connectivity index (χ0v) is 23.6. The first kappa shape index (κ1) is 32.3. The van der Waals surface area contributed by atoms with Gasteiger partial charge in [-0.05, 0) is 24.3 Å². The topological polar surface area (TPSA) is 198 Å². The molecule has 0 saturated carbocycles. The molecule has 14 nitrogen and oxygen atoms in total. The van der Waals surface area contributed by atoms with Crippen LogP contribution in [0.5, 0.6) is 0 Å². The molecule has 1 aliphatic heterocycles. The number of rotatable bonds is 10. The van der Waals surface area contributed by atoms with Gasteiger partial charge in [-0.2, -0.15) is 16.8 Å². The summed E-state index contributed by atoms with van der Waals surface area (Å²) in [5.41, 5.74) is 0.0713. The average Bonchev–Trinajstić information content (AvgIpc) is 2.84. The summed E-state index contributed by atoms with van der Waals surface area (Å²) in [6, 6.07) is 14.9. The molecule has 1 heterocycles. The number of hydrogen-bond acceptors (Lipinski definition) is 12. The molecule has 2 aromatic rings. The molecule has 202 valence electrons. The van der Waals surface area contributed by atoms with Gasteiger partial charge < -0.3 is 18.9 Å². The summed E-state index contributed by atoms with van der Waals surface area (Å²) >= 11 is 0. The van der Waals surface area contributed by atoms with Gasteiger partial charge in [-0.1, -0.05) is 36.4 Å². The number of methoxy groups -OCH3 is 1. The van der Waals surface area contributed by atoms with E-state index in [2.05, 4.69) is 8.37 Å². The number of esters is 2. The molecule has 1 saturated heterocycles. The fourth-order valence-corrected chi connectivity index (χ4v) is 4.22. The molecule has 5 atom stereocenters. The first-order valence-electron chi connectivity index (χ1n) is 10.4. The van der Waals surface area contributed by atoms with Crippen LogP contribution < -0.4 is 29.6 Å². The molecule has 1 fully saturated rings. The number of ether oxygens (including phenoxy) is 4. The Bertz CT molecular complexity index is 1290. The molecular weight excluding hydrogens is 563 g/mol. The van der Waals surface area contributed by atoms with Gasteiger partial charge in [0.05, 0.1) is 17.7 Å². The van der Waals surface area contributed by atoms with E-state index in [9.17, 15) is 31.0 Å². The molecule has 1 aliphatic rings. The van der Waals surface area contributed by atoms with Gasteiger partial charge in [0.25, 0.3) is 0 Å². The molecule has 0 aliphatic carbocycles. The van der Waals surface area contributed by atoms with Crippen molar-refractivity contribution in [2.75, 3.05) is 13.7 Å². The minimum Gasteiger partial charge on any atom is -0.452 e. The standard InChI is InChI=1S/C21H22O14S2.Na/c1-30-21-18(34-20(23)14-10-6-3-7-11-14)17(33-19(22)13-8-4-2-5-9-13)16(35-37(27,28)29)15(32-21)12-31-36(24,25)26;/h2-11,15-18,21H,12H2,1H3,(H,24,25,26)(H,27,28,29);/q;+1/t15-,16-,17+,18-,21-;/m1./s1. The Morgan fingerprint density at radius 1 is 0.789 bits per heavy atom. The summed E-state index contributed by atoms with van der Waals surface area (Å²) in [6.07, 6.45) is -8.94. The van der Waals surface area contributed by atoms with Crippen LogP contribution in [0.2, 0.25) is 0 Å². The van der Waals surface area contributed by atoms with Gasteiger partial charge in [0.15, 0.2) is 18.5 Å². The van der Waals surface area contributed by atoms with Crippen LogP contribution >= 0.6 is 0 Å². The molecule has 0 radical (unpaired) electrons. The monoisotopic (exact) mass is 585 g/mol. The van der Waals surface area contributed by atoms with Crippen molar-refractivity contribution in [2.45, 2.75) is 30.7 Å². The van der Waals surface area contributed by atoms with E-state index < -0.39 is 70.0 Å². The first-order valence-corrected chi connectivity index (χ1v) is 13.1. The van der Waals surface area contributed by atoms with E-state index in [1.807, 2.05) is 0 Å². The fourth-order valence-electron chi connectivity index (χ4n) is 3.40. The molecule has 2 aromatic carbocycles. The van der Waals surface area contributed by atoms with Crippen LogP contribution in [-0.2, 0) is 48.1 Å². The van der Waals surface area contributed by atoms with Crippen molar-refractivity contribution >= 4 is 32.7 Å². The summed E-state index contributed by atoms with van der Waals surface area (Å²) in [7, 11) is -9.23. The van der Waals surface area contributed by atoms with Crippen LogP contribution in [0, 0.1) is 0 Å². The van der Waals surface area contributed by atoms with Gasteiger partial charge in [0.1, 0.15) is 12.2 Å². The van der Waals surface area contributed by atoms with Crippen molar-refractivity contribution in [3.63, 3.8) is 0 Å². The van der Waals surface area contributed by atoms with E-state index in [0.29, 0.717) is 0 Å². The maximum atomic E-state index is 12.9. The minimum absolute atomic E-state index is 0. The Hall–Kier alpha value is -1.96. The SMILES string of the molecule is CO[C@@H]1O[C@H](COS(=O)(=O)O)[C@@H](OS(=O)(=O)O)[C@H](OC(=O)c2ccccc2)[C@H]1OC(=O)c1ccccc1.[Na+]. The van der Waals surface area contributed by atoms with Crippen molar-refractivity contribution in [1.29, 1.82) is 0 Å². The summed E-state index contributed by atoms with van der Waals surface area (Å²) in [5.74, 6) is -1.98. The Kier molecular flexibility index (Phi) is 11.8. The summed E-state index contributed by atoms with van der Waals surface area (Å²) < 4.78 is 94.2. The van der Waals surface area contributed by atoms with E-state index in [1.54, 1.807) is 24.3 Å². The molecule has 17 heteroatoms. The van der Waals surface area contributed by atoms with Crippen molar-refractivity contribution in [3.05, 3.63) is 71.8 Å². The maximum absolute atomic E-state index is 12.9. The second kappa shape index (κ2) is 13.9. The van der Waals surface area contributed by atoms with E-state index in [0.717, 1.165) is 7.11 Å². The van der Waals surface area contributed by atoms with Crippen LogP contribution in [0.25, 0.3) is 0 Å². The van der Waals surface area contributed by atoms with E-state index in [1.165, 1.54) is 36.4 Å². The molecule has 38 heavy (non-hydrogen) atoms. The average molecular weight is 586 g/mol. The predicted octanol–water partition coefficient (Wildman–Crippen LogP) is -2.18. The van der Waals surface area contributed by atoms with Crippen molar-refractivity contribution < 1.29 is 92.4 Å². The Morgan fingerprint density at radius 2 is 1.26 bits per heavy atom. The third-order valence-electron chi connectivity index (χ3n) is 4.94. The molecule has 0 bridgehead atoms. The second-order valence-electron chi connectivity index (χ2n) is 7.45. The minimum atomic E-state index is -5.29. The van der Waals surface area contributed by atoms with Crippen LogP contribution in [0.3, 0.4) is 0 Å². The summed E-state index contributed by atoms with van der Waals surface area (Å²) in [6.45, 7) is -1.07. The summed E-state index contributed by atoms with van der Waals surface area (Å²) in [5, 5.41) is 0. The van der Waals surface area contributed by atoms with Gasteiger partial charge in [-0.25, -0.2) is 18.0 Å². The Morgan fingerprint density at radius 3 is 1.68 bits per heavy atom. The molecule has 0 amide bonds. The van der Waals surface area contributed by atoms with Crippen LogP contribution in [-0.4, -0.2) is 82.3 Å². The van der Waals surface area contributed by atoms with Gasteiger partial charge in [0.2, 0.25) is 0 Å². The van der Waals surface area contributed by atoms with Gasteiger partial charge >= 0.3 is 62.3 Å². The molecule has 0 spiro atoms. The second-order valence-corrected chi connectivity index (χ2v) is 9.59. The third kappa shape index (κ3) is 9.35. The first-order chi connectivity index (χ1) is 17.4. The van der Waals surface area contributed by atoms with Crippen molar-refractivity contribution in [1.82, 2.24) is 0 Å². The normalized spacial score (nSPS) is 23.6. The zero-order chi connectivity index (χ0) is 27.2. The van der Waals surface area contributed by atoms with E-state index in [4.69, 9.17) is 23.5 Å². The molecule has 0 aromatic heterocycles. The molecule has 2 N–H and O–H groups in total. The molecule has 0 unspecified atom stereocenters. The smallest absolute Gasteiger partial charge is 0.452 e. The van der Waals surface area contributed by atoms with Crippen LogP contribution in [0.4, 0.5) is 0 Å². The van der Waals surface area contributed by atoms with Gasteiger partial charge in [-0.15, -0.1) is 0 Å².